The van der Waals surface area contributed by atoms with E-state index in [0.29, 0.717) is 16.7 Å². The van der Waals surface area contributed by atoms with E-state index < -0.39 is 5.97 Å². The lowest BCUT2D eigenvalue weighted by atomic mass is 10.2. The highest BCUT2D eigenvalue weighted by Crippen LogP contribution is 2.17. The van der Waals surface area contributed by atoms with Crippen molar-refractivity contribution in [3.63, 3.8) is 0 Å². The van der Waals surface area contributed by atoms with Crippen LogP contribution in [0.5, 0.6) is 0 Å². The Morgan fingerprint density at radius 2 is 2.22 bits per heavy atom. The second kappa shape index (κ2) is 5.28. The number of carboxylic acids is 1. The molecule has 2 N–H and O–H groups in total. The molecule has 0 aliphatic heterocycles. The van der Waals surface area contributed by atoms with Crippen molar-refractivity contribution in [2.24, 2.45) is 0 Å². The van der Waals surface area contributed by atoms with E-state index >= 15 is 0 Å². The van der Waals surface area contributed by atoms with Gasteiger partial charge in [-0.3, -0.25) is 0 Å². The van der Waals surface area contributed by atoms with Crippen LogP contribution < -0.4 is 0 Å². The Labute approximate surface area is 111 Å². The van der Waals surface area contributed by atoms with Crippen molar-refractivity contribution in [1.29, 1.82) is 0 Å². The SMILES string of the molecule is O=C(O)c1cc(Br)ncc1-n1cc(CCO)cn1. The maximum Gasteiger partial charge on any atom is 0.338 e. The Bertz CT molecular complexity index is 583. The summed E-state index contributed by atoms with van der Waals surface area (Å²) in [5, 5.41) is 22.0. The van der Waals surface area contributed by atoms with E-state index in [2.05, 4.69) is 26.0 Å². The molecule has 0 aliphatic rings. The van der Waals surface area contributed by atoms with Crippen molar-refractivity contribution in [2.75, 3.05) is 6.61 Å². The Kier molecular flexibility index (Phi) is 3.73. The van der Waals surface area contributed by atoms with Crippen molar-refractivity contribution in [2.45, 2.75) is 6.42 Å². The van der Waals surface area contributed by atoms with Gasteiger partial charge >= 0.3 is 5.97 Å². The molecule has 2 rings (SSSR count). The molecule has 0 unspecified atom stereocenters. The molecule has 94 valence electrons. The topological polar surface area (TPSA) is 88.2 Å². The summed E-state index contributed by atoms with van der Waals surface area (Å²) >= 11 is 3.13. The van der Waals surface area contributed by atoms with Gasteiger partial charge < -0.3 is 10.2 Å². The Morgan fingerprint density at radius 3 is 2.89 bits per heavy atom. The first-order valence-corrected chi connectivity index (χ1v) is 5.94. The van der Waals surface area contributed by atoms with Crippen LogP contribution in [0.25, 0.3) is 5.69 Å². The van der Waals surface area contributed by atoms with Gasteiger partial charge in [0, 0.05) is 12.8 Å². The molecule has 0 saturated carbocycles. The summed E-state index contributed by atoms with van der Waals surface area (Å²) in [6.07, 6.45) is 5.17. The summed E-state index contributed by atoms with van der Waals surface area (Å²) in [6, 6.07) is 1.42. The quantitative estimate of drug-likeness (QED) is 0.830. The lowest BCUT2D eigenvalue weighted by Gasteiger charge is -2.05. The molecular weight excluding hydrogens is 302 g/mol. The molecule has 0 spiro atoms. The highest BCUT2D eigenvalue weighted by molar-refractivity contribution is 9.10. The van der Waals surface area contributed by atoms with Crippen LogP contribution in [0.2, 0.25) is 0 Å². The number of aromatic nitrogens is 3. The average Bonchev–Trinajstić information content (AvgIpc) is 2.78. The van der Waals surface area contributed by atoms with Crippen LogP contribution in [0.15, 0.2) is 29.3 Å². The van der Waals surface area contributed by atoms with Crippen molar-refractivity contribution in [1.82, 2.24) is 14.8 Å². The predicted octanol–water partition coefficient (Wildman–Crippen LogP) is 1.26. The number of rotatable bonds is 4. The zero-order valence-electron chi connectivity index (χ0n) is 9.25. The molecule has 18 heavy (non-hydrogen) atoms. The zero-order chi connectivity index (χ0) is 13.1. The number of carbonyl (C=O) groups is 1. The van der Waals surface area contributed by atoms with Crippen molar-refractivity contribution >= 4 is 21.9 Å². The van der Waals surface area contributed by atoms with Gasteiger partial charge in [0.1, 0.15) is 4.60 Å². The molecular formula is C11H10BrN3O3. The number of carboxylic acid groups (broad SMARTS) is 1. The van der Waals surface area contributed by atoms with E-state index in [-0.39, 0.29) is 12.2 Å². The lowest BCUT2D eigenvalue weighted by Crippen LogP contribution is -2.06. The smallest absolute Gasteiger partial charge is 0.338 e. The van der Waals surface area contributed by atoms with Gasteiger partial charge in [0.25, 0.3) is 0 Å². The summed E-state index contributed by atoms with van der Waals surface area (Å²) in [6.45, 7) is 0.0239. The van der Waals surface area contributed by atoms with Crippen molar-refractivity contribution in [3.8, 4) is 5.69 Å². The van der Waals surface area contributed by atoms with E-state index in [1.807, 2.05) is 0 Å². The van der Waals surface area contributed by atoms with Gasteiger partial charge in [-0.05, 0) is 34.0 Å². The number of pyridine rings is 1. The number of aliphatic hydroxyl groups is 1. The Morgan fingerprint density at radius 1 is 1.44 bits per heavy atom. The van der Waals surface area contributed by atoms with Gasteiger partial charge in [-0.15, -0.1) is 0 Å². The first-order valence-electron chi connectivity index (χ1n) is 5.15. The minimum atomic E-state index is -1.05. The summed E-state index contributed by atoms with van der Waals surface area (Å²) in [5.41, 5.74) is 1.32. The van der Waals surface area contributed by atoms with E-state index in [9.17, 15) is 4.79 Å². The van der Waals surface area contributed by atoms with Crippen LogP contribution in [0.4, 0.5) is 0 Å². The van der Waals surface area contributed by atoms with E-state index in [4.69, 9.17) is 10.2 Å². The molecule has 7 heteroatoms. The van der Waals surface area contributed by atoms with Crippen LogP contribution in [-0.4, -0.2) is 37.6 Å². The van der Waals surface area contributed by atoms with Gasteiger partial charge in [-0.25, -0.2) is 14.5 Å². The molecule has 2 aromatic heterocycles. The third-order valence-corrected chi connectivity index (χ3v) is 2.80. The van der Waals surface area contributed by atoms with Crippen LogP contribution in [0.3, 0.4) is 0 Å². The second-order valence-electron chi connectivity index (χ2n) is 3.60. The summed E-state index contributed by atoms with van der Waals surface area (Å²) in [4.78, 5) is 15.1. The third-order valence-electron chi connectivity index (χ3n) is 2.36. The number of hydrogen-bond donors (Lipinski definition) is 2. The van der Waals surface area contributed by atoms with Gasteiger partial charge in [0.15, 0.2) is 0 Å². The second-order valence-corrected chi connectivity index (χ2v) is 4.41. The number of aromatic carboxylic acids is 1. The molecule has 2 aromatic rings. The molecule has 0 atom stereocenters. The van der Waals surface area contributed by atoms with Gasteiger partial charge in [-0.1, -0.05) is 0 Å². The summed E-state index contributed by atoms with van der Waals surface area (Å²) in [7, 11) is 0. The average molecular weight is 312 g/mol. The van der Waals surface area contributed by atoms with E-state index in [1.165, 1.54) is 16.9 Å². The number of nitrogens with zero attached hydrogens (tertiary/aromatic N) is 3. The van der Waals surface area contributed by atoms with E-state index in [1.54, 1.807) is 12.4 Å². The van der Waals surface area contributed by atoms with Crippen LogP contribution >= 0.6 is 15.9 Å². The number of hydrogen-bond acceptors (Lipinski definition) is 4. The summed E-state index contributed by atoms with van der Waals surface area (Å²) < 4.78 is 1.89. The number of aliphatic hydroxyl groups excluding tert-OH is 1. The molecule has 0 saturated heterocycles. The fraction of sp³-hybridized carbons (Fsp3) is 0.182. The van der Waals surface area contributed by atoms with Gasteiger partial charge in [0.05, 0.1) is 23.6 Å². The maximum atomic E-state index is 11.2. The zero-order valence-corrected chi connectivity index (χ0v) is 10.8. The Hall–Kier alpha value is -1.73. The van der Waals surface area contributed by atoms with Gasteiger partial charge in [-0.2, -0.15) is 5.10 Å². The van der Waals surface area contributed by atoms with Crippen LogP contribution in [-0.2, 0) is 6.42 Å². The lowest BCUT2D eigenvalue weighted by molar-refractivity contribution is 0.0696. The molecule has 0 radical (unpaired) electrons. The monoisotopic (exact) mass is 311 g/mol. The molecule has 0 bridgehead atoms. The van der Waals surface area contributed by atoms with Crippen LogP contribution in [0.1, 0.15) is 15.9 Å². The summed E-state index contributed by atoms with van der Waals surface area (Å²) in [5.74, 6) is -1.05. The molecule has 0 aliphatic carbocycles. The Balaban J connectivity index is 2.45. The first kappa shape index (κ1) is 12.7. The molecule has 0 fully saturated rings. The van der Waals surface area contributed by atoms with Crippen molar-refractivity contribution < 1.29 is 15.0 Å². The largest absolute Gasteiger partial charge is 0.478 e. The maximum absolute atomic E-state index is 11.2. The predicted molar refractivity (Wildman–Crippen MR) is 66.8 cm³/mol. The van der Waals surface area contributed by atoms with E-state index in [0.717, 1.165) is 5.56 Å². The van der Waals surface area contributed by atoms with Crippen molar-refractivity contribution in [3.05, 3.63) is 40.4 Å². The fourth-order valence-corrected chi connectivity index (χ4v) is 1.86. The minimum Gasteiger partial charge on any atom is -0.478 e. The molecule has 6 nitrogen and oxygen atoms in total. The highest BCUT2D eigenvalue weighted by Gasteiger charge is 2.14. The highest BCUT2D eigenvalue weighted by atomic mass is 79.9. The normalized spacial score (nSPS) is 10.6. The number of halogens is 1. The minimum absolute atomic E-state index is 0.0239. The molecule has 2 heterocycles. The third kappa shape index (κ3) is 2.57. The van der Waals surface area contributed by atoms with Gasteiger partial charge in [0.2, 0.25) is 0 Å². The standard InChI is InChI=1S/C11H10BrN3O3/c12-10-3-8(11(17)18)9(5-13-10)15-6-7(1-2-16)4-14-15/h3-6,16H,1-2H2,(H,17,18). The fourth-order valence-electron chi connectivity index (χ4n) is 1.53. The first-order chi connectivity index (χ1) is 8.61. The molecule has 0 aromatic carbocycles. The van der Waals surface area contributed by atoms with Crippen LogP contribution in [0, 0.1) is 0 Å². The molecule has 0 amide bonds.